The largest absolute Gasteiger partial charge is 0.387 e. The summed E-state index contributed by atoms with van der Waals surface area (Å²) in [5.74, 6) is -1.75. The molecule has 1 unspecified atom stereocenters. The maximum Gasteiger partial charge on any atom is 0.159 e. The molecule has 5 heteroatoms. The van der Waals surface area contributed by atoms with Crippen LogP contribution in [0.3, 0.4) is 0 Å². The van der Waals surface area contributed by atoms with Gasteiger partial charge in [0.2, 0.25) is 0 Å². The Morgan fingerprint density at radius 1 is 1.14 bits per heavy atom. The van der Waals surface area contributed by atoms with E-state index in [4.69, 9.17) is 5.26 Å². The first-order valence-corrected chi connectivity index (χ1v) is 6.80. The molecule has 0 saturated heterocycles. The lowest BCUT2D eigenvalue weighted by Gasteiger charge is -2.21. The number of aliphatic hydroxyl groups is 1. The van der Waals surface area contributed by atoms with E-state index in [-0.39, 0.29) is 0 Å². The second kappa shape index (κ2) is 7.12. The zero-order valence-electron chi connectivity index (χ0n) is 12.1. The van der Waals surface area contributed by atoms with Crippen LogP contribution in [-0.4, -0.2) is 23.6 Å². The fraction of sp³-hybridized carbons (Fsp3) is 0.235. The summed E-state index contributed by atoms with van der Waals surface area (Å²) in [6.07, 6.45) is -0.719. The minimum atomic E-state index is -0.876. The minimum absolute atomic E-state index is 0.338. The molecule has 114 valence electrons. The van der Waals surface area contributed by atoms with Crippen LogP contribution >= 0.6 is 0 Å². The maximum absolute atomic E-state index is 13.2. The van der Waals surface area contributed by atoms with Gasteiger partial charge in [-0.05, 0) is 42.4 Å². The van der Waals surface area contributed by atoms with E-state index in [1.165, 1.54) is 6.07 Å². The molecule has 0 aromatic heterocycles. The molecule has 0 aliphatic heterocycles. The fourth-order valence-corrected chi connectivity index (χ4v) is 2.19. The van der Waals surface area contributed by atoms with Crippen molar-refractivity contribution in [2.24, 2.45) is 0 Å². The van der Waals surface area contributed by atoms with E-state index in [0.717, 1.165) is 12.1 Å². The molecule has 0 amide bonds. The quantitative estimate of drug-likeness (QED) is 0.923. The third-order valence-electron chi connectivity index (χ3n) is 3.35. The molecule has 1 atom stereocenters. The van der Waals surface area contributed by atoms with Gasteiger partial charge < -0.3 is 5.11 Å². The Morgan fingerprint density at radius 3 is 2.41 bits per heavy atom. The first kappa shape index (κ1) is 16.1. The summed E-state index contributed by atoms with van der Waals surface area (Å²) in [5, 5.41) is 18.9. The van der Waals surface area contributed by atoms with E-state index in [2.05, 4.69) is 0 Å². The molecule has 0 saturated carbocycles. The highest BCUT2D eigenvalue weighted by Crippen LogP contribution is 2.16. The van der Waals surface area contributed by atoms with Gasteiger partial charge in [-0.15, -0.1) is 0 Å². The molecule has 1 N–H and O–H groups in total. The van der Waals surface area contributed by atoms with Crippen molar-refractivity contribution >= 4 is 0 Å². The average molecular weight is 302 g/mol. The van der Waals surface area contributed by atoms with Crippen molar-refractivity contribution in [1.82, 2.24) is 4.90 Å². The van der Waals surface area contributed by atoms with Gasteiger partial charge >= 0.3 is 0 Å². The van der Waals surface area contributed by atoms with Crippen LogP contribution in [0.1, 0.15) is 22.8 Å². The van der Waals surface area contributed by atoms with Crippen molar-refractivity contribution in [2.75, 3.05) is 13.6 Å². The molecule has 0 radical (unpaired) electrons. The second-order valence-corrected chi connectivity index (χ2v) is 5.19. The molecule has 3 nitrogen and oxygen atoms in total. The smallest absolute Gasteiger partial charge is 0.159 e. The number of benzene rings is 2. The molecule has 22 heavy (non-hydrogen) atoms. The Bertz CT molecular complexity index is 680. The molecule has 2 aromatic carbocycles. The predicted octanol–water partition coefficient (Wildman–Crippen LogP) is 3.00. The van der Waals surface area contributed by atoms with Gasteiger partial charge in [0.25, 0.3) is 0 Å². The minimum Gasteiger partial charge on any atom is -0.387 e. The van der Waals surface area contributed by atoms with Crippen LogP contribution in [0.4, 0.5) is 8.78 Å². The summed E-state index contributed by atoms with van der Waals surface area (Å²) in [7, 11) is 1.79. The van der Waals surface area contributed by atoms with Crippen LogP contribution in [0.2, 0.25) is 0 Å². The lowest BCUT2D eigenvalue weighted by atomic mass is 10.1. The van der Waals surface area contributed by atoms with Crippen molar-refractivity contribution in [3.63, 3.8) is 0 Å². The van der Waals surface area contributed by atoms with E-state index >= 15 is 0 Å². The maximum atomic E-state index is 13.2. The van der Waals surface area contributed by atoms with Crippen molar-refractivity contribution in [3.05, 3.63) is 70.8 Å². The van der Waals surface area contributed by atoms with E-state index in [1.54, 1.807) is 31.3 Å². The van der Waals surface area contributed by atoms with E-state index in [1.807, 2.05) is 11.0 Å². The number of likely N-dealkylation sites (N-methyl/N-ethyl adjacent to an activating group) is 1. The van der Waals surface area contributed by atoms with Crippen LogP contribution in [0, 0.1) is 23.0 Å². The fourth-order valence-electron chi connectivity index (χ4n) is 2.19. The lowest BCUT2D eigenvalue weighted by molar-refractivity contribution is 0.124. The zero-order valence-corrected chi connectivity index (χ0v) is 12.1. The number of rotatable bonds is 5. The summed E-state index contributed by atoms with van der Waals surface area (Å²) in [6, 6.07) is 12.5. The van der Waals surface area contributed by atoms with E-state index < -0.39 is 17.7 Å². The van der Waals surface area contributed by atoms with Gasteiger partial charge in [-0.2, -0.15) is 5.26 Å². The first-order valence-electron chi connectivity index (χ1n) is 6.80. The molecule has 0 aliphatic rings. The van der Waals surface area contributed by atoms with Gasteiger partial charge in [-0.3, -0.25) is 4.90 Å². The van der Waals surface area contributed by atoms with Crippen molar-refractivity contribution in [2.45, 2.75) is 12.6 Å². The SMILES string of the molecule is CN(Cc1ccc(F)c(F)c1)CC(O)c1ccc(C#N)cc1. The van der Waals surface area contributed by atoms with Gasteiger partial charge in [0.05, 0.1) is 17.7 Å². The Labute approximate surface area is 128 Å². The Balaban J connectivity index is 1.96. The number of nitrogens with zero attached hydrogens (tertiary/aromatic N) is 2. The third-order valence-corrected chi connectivity index (χ3v) is 3.35. The molecule has 0 aliphatic carbocycles. The lowest BCUT2D eigenvalue weighted by Crippen LogP contribution is -2.24. The Kier molecular flexibility index (Phi) is 5.21. The first-order chi connectivity index (χ1) is 10.5. The molecule has 0 heterocycles. The summed E-state index contributed by atoms with van der Waals surface area (Å²) >= 11 is 0. The summed E-state index contributed by atoms with van der Waals surface area (Å²) in [4.78, 5) is 1.82. The highest BCUT2D eigenvalue weighted by molar-refractivity contribution is 5.32. The van der Waals surface area contributed by atoms with E-state index in [9.17, 15) is 13.9 Å². The summed E-state index contributed by atoms with van der Waals surface area (Å²) in [6.45, 7) is 0.732. The topological polar surface area (TPSA) is 47.3 Å². The highest BCUT2D eigenvalue weighted by Gasteiger charge is 2.12. The van der Waals surface area contributed by atoms with Gasteiger partial charge in [0.15, 0.2) is 11.6 Å². The van der Waals surface area contributed by atoms with Crippen molar-refractivity contribution < 1.29 is 13.9 Å². The van der Waals surface area contributed by atoms with Gasteiger partial charge in [0.1, 0.15) is 0 Å². The molecular formula is C17H16F2N2O. The highest BCUT2D eigenvalue weighted by atomic mass is 19.2. The summed E-state index contributed by atoms with van der Waals surface area (Å²) in [5.41, 5.74) is 1.87. The standard InChI is InChI=1S/C17H16F2N2O/c1-21(10-13-4-7-15(18)16(19)8-13)11-17(22)14-5-2-12(9-20)3-6-14/h2-8,17,22H,10-11H2,1H3. The van der Waals surface area contributed by atoms with Gasteiger partial charge in [-0.25, -0.2) is 8.78 Å². The molecule has 2 aromatic rings. The molecular weight excluding hydrogens is 286 g/mol. The van der Waals surface area contributed by atoms with Crippen molar-refractivity contribution in [1.29, 1.82) is 5.26 Å². The zero-order chi connectivity index (χ0) is 16.1. The van der Waals surface area contributed by atoms with E-state index in [0.29, 0.717) is 29.8 Å². The third kappa shape index (κ3) is 4.10. The second-order valence-electron chi connectivity index (χ2n) is 5.19. The van der Waals surface area contributed by atoms with Gasteiger partial charge in [-0.1, -0.05) is 18.2 Å². The monoisotopic (exact) mass is 302 g/mol. The van der Waals surface area contributed by atoms with Crippen LogP contribution in [-0.2, 0) is 6.54 Å². The average Bonchev–Trinajstić information content (AvgIpc) is 2.51. The number of hydrogen-bond donors (Lipinski definition) is 1. The molecule has 0 bridgehead atoms. The number of aliphatic hydroxyl groups excluding tert-OH is 1. The molecule has 0 spiro atoms. The van der Waals surface area contributed by atoms with Crippen LogP contribution < -0.4 is 0 Å². The van der Waals surface area contributed by atoms with Crippen molar-refractivity contribution in [3.8, 4) is 6.07 Å². The van der Waals surface area contributed by atoms with Crippen LogP contribution in [0.25, 0.3) is 0 Å². The normalized spacial score (nSPS) is 12.2. The number of nitriles is 1. The predicted molar refractivity (Wildman–Crippen MR) is 78.8 cm³/mol. The number of halogens is 2. The molecule has 0 fully saturated rings. The van der Waals surface area contributed by atoms with Gasteiger partial charge in [0, 0.05) is 13.1 Å². The molecule has 2 rings (SSSR count). The van der Waals surface area contributed by atoms with Crippen LogP contribution in [0.15, 0.2) is 42.5 Å². The van der Waals surface area contributed by atoms with Crippen LogP contribution in [0.5, 0.6) is 0 Å². The summed E-state index contributed by atoms with van der Waals surface area (Å²) < 4.78 is 26.0. The Morgan fingerprint density at radius 2 is 1.82 bits per heavy atom. The Hall–Kier alpha value is -2.29. The number of hydrogen-bond acceptors (Lipinski definition) is 3.